The number of rotatable bonds is 4. The van der Waals surface area contributed by atoms with Crippen LogP contribution < -0.4 is 5.32 Å². The van der Waals surface area contributed by atoms with Gasteiger partial charge in [-0.3, -0.25) is 4.98 Å². The molecule has 94 valence electrons. The van der Waals surface area contributed by atoms with Gasteiger partial charge in [0.25, 0.3) is 0 Å². The van der Waals surface area contributed by atoms with Crippen LogP contribution in [0.25, 0.3) is 0 Å². The van der Waals surface area contributed by atoms with Gasteiger partial charge in [0.2, 0.25) is 0 Å². The van der Waals surface area contributed by atoms with E-state index in [9.17, 15) is 0 Å². The number of fused-ring (bicyclic) bond motifs is 1. The lowest BCUT2D eigenvalue weighted by atomic mass is 9.92. The predicted octanol–water partition coefficient (Wildman–Crippen LogP) is 2.01. The summed E-state index contributed by atoms with van der Waals surface area (Å²) in [7, 11) is 0. The summed E-state index contributed by atoms with van der Waals surface area (Å²) < 4.78 is 0. The normalized spacial score (nSPS) is 18.6. The Balaban J connectivity index is 1.60. The molecule has 0 aromatic carbocycles. The summed E-state index contributed by atoms with van der Waals surface area (Å²) in [6.07, 6.45) is 10.1. The van der Waals surface area contributed by atoms with Gasteiger partial charge in [0.1, 0.15) is 5.82 Å². The molecule has 0 saturated carbocycles. The second-order valence-electron chi connectivity index (χ2n) is 4.73. The molecule has 3 rings (SSSR count). The van der Waals surface area contributed by atoms with E-state index >= 15 is 0 Å². The Morgan fingerprint density at radius 2 is 2.33 bits per heavy atom. The molecule has 1 unspecified atom stereocenters. The van der Waals surface area contributed by atoms with E-state index in [4.69, 9.17) is 0 Å². The molecule has 1 aliphatic rings. The van der Waals surface area contributed by atoms with Gasteiger partial charge >= 0.3 is 0 Å². The van der Waals surface area contributed by atoms with Crippen molar-refractivity contribution in [3.63, 3.8) is 0 Å². The summed E-state index contributed by atoms with van der Waals surface area (Å²) in [6.45, 7) is 0.939. The number of hydrogen-bond donors (Lipinski definition) is 2. The first kappa shape index (κ1) is 11.4. The Morgan fingerprint density at radius 3 is 3.22 bits per heavy atom. The summed E-state index contributed by atoms with van der Waals surface area (Å²) in [4.78, 5) is 11.9. The van der Waals surface area contributed by atoms with E-state index in [1.165, 1.54) is 30.5 Å². The third-order valence-electron chi connectivity index (χ3n) is 3.50. The van der Waals surface area contributed by atoms with Crippen molar-refractivity contribution in [2.24, 2.45) is 0 Å². The number of imidazole rings is 1. The van der Waals surface area contributed by atoms with E-state index in [1.807, 2.05) is 18.5 Å². The van der Waals surface area contributed by atoms with Crippen LogP contribution in [0.5, 0.6) is 0 Å². The van der Waals surface area contributed by atoms with Crippen LogP contribution >= 0.6 is 0 Å². The largest absolute Gasteiger partial charge is 0.349 e. The second-order valence-corrected chi connectivity index (χ2v) is 4.73. The first-order valence-electron chi connectivity index (χ1n) is 6.59. The van der Waals surface area contributed by atoms with Crippen LogP contribution in [0.3, 0.4) is 0 Å². The number of nitrogens with zero attached hydrogens (tertiary/aromatic N) is 2. The number of aromatic nitrogens is 3. The molecule has 0 amide bonds. The third kappa shape index (κ3) is 2.43. The molecule has 1 atom stereocenters. The highest BCUT2D eigenvalue weighted by Crippen LogP contribution is 2.27. The number of H-pyrrole nitrogens is 1. The van der Waals surface area contributed by atoms with Crippen molar-refractivity contribution in [2.75, 3.05) is 6.54 Å². The van der Waals surface area contributed by atoms with Gasteiger partial charge in [0, 0.05) is 37.6 Å². The maximum atomic E-state index is 4.53. The highest BCUT2D eigenvalue weighted by atomic mass is 15.0. The molecule has 4 heteroatoms. The Labute approximate surface area is 107 Å². The number of nitrogens with one attached hydrogen (secondary N) is 2. The van der Waals surface area contributed by atoms with Crippen molar-refractivity contribution in [1.29, 1.82) is 0 Å². The quantitative estimate of drug-likeness (QED) is 0.862. The average Bonchev–Trinajstić information content (AvgIpc) is 2.92. The van der Waals surface area contributed by atoms with Crippen LogP contribution in [-0.4, -0.2) is 21.5 Å². The minimum absolute atomic E-state index is 0.407. The van der Waals surface area contributed by atoms with Crippen LogP contribution in [0.2, 0.25) is 0 Å². The first-order valence-corrected chi connectivity index (χ1v) is 6.59. The zero-order valence-electron chi connectivity index (χ0n) is 10.4. The van der Waals surface area contributed by atoms with Gasteiger partial charge in [-0.05, 0) is 30.9 Å². The number of pyridine rings is 1. The summed E-state index contributed by atoms with van der Waals surface area (Å²) in [5.74, 6) is 1.04. The SMILES string of the molecule is c1cnc2c(c1)CCCC2NCCc1ncc[nH]1. The highest BCUT2D eigenvalue weighted by Gasteiger charge is 2.20. The Bertz CT molecular complexity index is 492. The molecular weight excluding hydrogens is 224 g/mol. The molecule has 0 aliphatic heterocycles. The molecule has 2 N–H and O–H groups in total. The molecule has 2 aromatic heterocycles. The molecule has 0 saturated heterocycles. The van der Waals surface area contributed by atoms with Crippen LogP contribution in [-0.2, 0) is 12.8 Å². The van der Waals surface area contributed by atoms with E-state index in [-0.39, 0.29) is 0 Å². The predicted molar refractivity (Wildman–Crippen MR) is 70.2 cm³/mol. The van der Waals surface area contributed by atoms with Gasteiger partial charge in [-0.15, -0.1) is 0 Å². The molecule has 4 nitrogen and oxygen atoms in total. The summed E-state index contributed by atoms with van der Waals surface area (Å²) in [6, 6.07) is 4.64. The smallest absolute Gasteiger partial charge is 0.107 e. The topological polar surface area (TPSA) is 53.6 Å². The maximum absolute atomic E-state index is 4.53. The van der Waals surface area contributed by atoms with Crippen molar-refractivity contribution in [1.82, 2.24) is 20.3 Å². The number of aryl methyl sites for hydroxylation is 1. The molecule has 0 radical (unpaired) electrons. The van der Waals surface area contributed by atoms with E-state index < -0.39 is 0 Å². The molecule has 0 bridgehead atoms. The minimum Gasteiger partial charge on any atom is -0.349 e. The standard InChI is InChI=1S/C14H18N4/c1-3-11-4-2-7-18-14(11)12(5-1)15-8-6-13-16-9-10-17-13/h2,4,7,9-10,12,15H,1,3,5-6,8H2,(H,16,17). The lowest BCUT2D eigenvalue weighted by Crippen LogP contribution is -2.28. The van der Waals surface area contributed by atoms with Crippen molar-refractivity contribution in [3.8, 4) is 0 Å². The lowest BCUT2D eigenvalue weighted by molar-refractivity contribution is 0.450. The zero-order valence-corrected chi connectivity index (χ0v) is 10.4. The third-order valence-corrected chi connectivity index (χ3v) is 3.50. The summed E-state index contributed by atoms with van der Waals surface area (Å²) in [5, 5.41) is 3.59. The minimum atomic E-state index is 0.407. The Morgan fingerprint density at radius 1 is 1.33 bits per heavy atom. The van der Waals surface area contributed by atoms with Gasteiger partial charge in [-0.2, -0.15) is 0 Å². The Hall–Kier alpha value is -1.68. The second kappa shape index (κ2) is 5.31. The van der Waals surface area contributed by atoms with Crippen molar-refractivity contribution in [3.05, 3.63) is 47.8 Å². The monoisotopic (exact) mass is 242 g/mol. The lowest BCUT2D eigenvalue weighted by Gasteiger charge is -2.25. The van der Waals surface area contributed by atoms with Crippen molar-refractivity contribution in [2.45, 2.75) is 31.7 Å². The fraction of sp³-hybridized carbons (Fsp3) is 0.429. The first-order chi connectivity index (χ1) is 8.93. The highest BCUT2D eigenvalue weighted by molar-refractivity contribution is 5.25. The van der Waals surface area contributed by atoms with E-state index in [0.29, 0.717) is 6.04 Å². The van der Waals surface area contributed by atoms with Crippen molar-refractivity contribution < 1.29 is 0 Å². The molecule has 18 heavy (non-hydrogen) atoms. The van der Waals surface area contributed by atoms with E-state index in [2.05, 4.69) is 26.3 Å². The van der Waals surface area contributed by atoms with E-state index in [1.54, 1.807) is 6.20 Å². The molecule has 2 heterocycles. The molecule has 2 aromatic rings. The molecule has 1 aliphatic carbocycles. The number of aromatic amines is 1. The van der Waals surface area contributed by atoms with E-state index in [0.717, 1.165) is 18.8 Å². The van der Waals surface area contributed by atoms with Gasteiger partial charge in [0.15, 0.2) is 0 Å². The van der Waals surface area contributed by atoms with Gasteiger partial charge in [0.05, 0.1) is 5.69 Å². The summed E-state index contributed by atoms with van der Waals surface area (Å²) >= 11 is 0. The molecule has 0 fully saturated rings. The van der Waals surface area contributed by atoms with Gasteiger partial charge in [-0.1, -0.05) is 6.07 Å². The van der Waals surface area contributed by atoms with Crippen LogP contribution in [0.1, 0.15) is 36.0 Å². The van der Waals surface area contributed by atoms with Crippen LogP contribution in [0.15, 0.2) is 30.7 Å². The zero-order chi connectivity index (χ0) is 12.2. The van der Waals surface area contributed by atoms with Gasteiger partial charge in [-0.25, -0.2) is 4.98 Å². The van der Waals surface area contributed by atoms with Gasteiger partial charge < -0.3 is 10.3 Å². The number of hydrogen-bond acceptors (Lipinski definition) is 3. The Kier molecular flexibility index (Phi) is 3.37. The fourth-order valence-electron chi connectivity index (χ4n) is 2.61. The maximum Gasteiger partial charge on any atom is 0.107 e. The molecular formula is C14H18N4. The van der Waals surface area contributed by atoms with Crippen LogP contribution in [0.4, 0.5) is 0 Å². The van der Waals surface area contributed by atoms with Crippen molar-refractivity contribution >= 4 is 0 Å². The summed E-state index contributed by atoms with van der Waals surface area (Å²) in [5.41, 5.74) is 2.64. The fourth-order valence-corrected chi connectivity index (χ4v) is 2.61. The van der Waals surface area contributed by atoms with Crippen LogP contribution in [0, 0.1) is 0 Å². The average molecular weight is 242 g/mol. The molecule has 0 spiro atoms.